The maximum atomic E-state index is 11.6. The van der Waals surface area contributed by atoms with Crippen LogP contribution in [0.3, 0.4) is 0 Å². The van der Waals surface area contributed by atoms with Crippen molar-refractivity contribution in [1.82, 2.24) is 10.3 Å². The second-order valence-electron chi connectivity index (χ2n) is 5.57. The van der Waals surface area contributed by atoms with Gasteiger partial charge in [0.05, 0.1) is 0 Å². The SMILES string of the molecule is CCNC(=O)Nc1cc2cccc(Nc3ccc(C)cc3)c2cn1. The summed E-state index contributed by atoms with van der Waals surface area (Å²) in [6.07, 6.45) is 1.77. The Kier molecular flexibility index (Phi) is 4.61. The number of hydrogen-bond acceptors (Lipinski definition) is 3. The van der Waals surface area contributed by atoms with Crippen molar-refractivity contribution in [1.29, 1.82) is 0 Å². The molecular formula is C19H20N4O. The van der Waals surface area contributed by atoms with Crippen molar-refractivity contribution >= 4 is 34.0 Å². The second kappa shape index (κ2) is 7.00. The van der Waals surface area contributed by atoms with Crippen LogP contribution >= 0.6 is 0 Å². The molecule has 1 heterocycles. The summed E-state index contributed by atoms with van der Waals surface area (Å²) in [7, 11) is 0. The van der Waals surface area contributed by atoms with Gasteiger partial charge in [-0.05, 0) is 43.5 Å². The lowest BCUT2D eigenvalue weighted by atomic mass is 10.1. The van der Waals surface area contributed by atoms with Crippen LogP contribution in [0.4, 0.5) is 22.0 Å². The average Bonchev–Trinajstić information content (AvgIpc) is 2.57. The number of hydrogen-bond donors (Lipinski definition) is 3. The van der Waals surface area contributed by atoms with Crippen molar-refractivity contribution in [3.8, 4) is 0 Å². The van der Waals surface area contributed by atoms with Crippen molar-refractivity contribution in [3.63, 3.8) is 0 Å². The molecule has 122 valence electrons. The molecule has 0 bridgehead atoms. The van der Waals surface area contributed by atoms with Crippen LogP contribution in [0.2, 0.25) is 0 Å². The molecule has 3 aromatic rings. The van der Waals surface area contributed by atoms with Crippen LogP contribution in [0.1, 0.15) is 12.5 Å². The standard InChI is InChI=1S/C19H20N4O/c1-3-20-19(24)23-18-11-14-5-4-6-17(16(14)12-21-18)22-15-9-7-13(2)8-10-15/h4-12,22H,3H2,1-2H3,(H2,20,21,23,24). The van der Waals surface area contributed by atoms with E-state index in [4.69, 9.17) is 0 Å². The number of aryl methyl sites for hydroxylation is 1. The van der Waals surface area contributed by atoms with Gasteiger partial charge < -0.3 is 10.6 Å². The first-order chi connectivity index (χ1) is 11.7. The third-order valence-electron chi connectivity index (χ3n) is 3.67. The van der Waals surface area contributed by atoms with Crippen LogP contribution < -0.4 is 16.0 Å². The Morgan fingerprint density at radius 2 is 1.92 bits per heavy atom. The van der Waals surface area contributed by atoms with Gasteiger partial charge in [0.2, 0.25) is 0 Å². The fraction of sp³-hybridized carbons (Fsp3) is 0.158. The smallest absolute Gasteiger partial charge is 0.320 e. The fourth-order valence-corrected chi connectivity index (χ4v) is 2.46. The van der Waals surface area contributed by atoms with Gasteiger partial charge in [0.25, 0.3) is 0 Å². The molecule has 3 N–H and O–H groups in total. The summed E-state index contributed by atoms with van der Waals surface area (Å²) in [6.45, 7) is 4.51. The lowest BCUT2D eigenvalue weighted by Crippen LogP contribution is -2.28. The predicted octanol–water partition coefficient (Wildman–Crippen LogP) is 4.43. The number of amides is 2. The third-order valence-corrected chi connectivity index (χ3v) is 3.67. The molecule has 2 amide bonds. The molecule has 24 heavy (non-hydrogen) atoms. The number of benzene rings is 2. The van der Waals surface area contributed by atoms with E-state index >= 15 is 0 Å². The number of urea groups is 1. The van der Waals surface area contributed by atoms with Gasteiger partial charge in [0, 0.05) is 29.5 Å². The molecular weight excluding hydrogens is 300 g/mol. The van der Waals surface area contributed by atoms with Crippen molar-refractivity contribution < 1.29 is 4.79 Å². The molecule has 0 saturated carbocycles. The summed E-state index contributed by atoms with van der Waals surface area (Å²) in [5, 5.41) is 10.8. The van der Waals surface area contributed by atoms with E-state index in [0.717, 1.165) is 22.1 Å². The van der Waals surface area contributed by atoms with Gasteiger partial charge in [-0.1, -0.05) is 29.8 Å². The molecule has 0 fully saturated rings. The Balaban J connectivity index is 1.87. The minimum Gasteiger partial charge on any atom is -0.355 e. The zero-order valence-electron chi connectivity index (χ0n) is 13.8. The fourth-order valence-electron chi connectivity index (χ4n) is 2.46. The summed E-state index contributed by atoms with van der Waals surface area (Å²) in [6, 6.07) is 15.8. The van der Waals surface area contributed by atoms with Gasteiger partial charge in [-0.3, -0.25) is 5.32 Å². The molecule has 3 rings (SSSR count). The van der Waals surface area contributed by atoms with Gasteiger partial charge in [-0.2, -0.15) is 0 Å². The van der Waals surface area contributed by atoms with Crippen LogP contribution in [-0.4, -0.2) is 17.6 Å². The Morgan fingerprint density at radius 1 is 1.12 bits per heavy atom. The van der Waals surface area contributed by atoms with Crippen LogP contribution in [0.25, 0.3) is 10.8 Å². The minimum atomic E-state index is -0.252. The van der Waals surface area contributed by atoms with E-state index in [9.17, 15) is 4.79 Å². The average molecular weight is 320 g/mol. The summed E-state index contributed by atoms with van der Waals surface area (Å²) in [5.41, 5.74) is 3.23. The summed E-state index contributed by atoms with van der Waals surface area (Å²) >= 11 is 0. The number of carbonyl (C=O) groups excluding carboxylic acids is 1. The number of nitrogens with zero attached hydrogens (tertiary/aromatic N) is 1. The van der Waals surface area contributed by atoms with Gasteiger partial charge >= 0.3 is 6.03 Å². The Morgan fingerprint density at radius 3 is 2.67 bits per heavy atom. The maximum absolute atomic E-state index is 11.6. The molecule has 0 spiro atoms. The Bertz CT molecular complexity index is 859. The van der Waals surface area contributed by atoms with E-state index in [2.05, 4.69) is 40.0 Å². The first kappa shape index (κ1) is 15.8. The van der Waals surface area contributed by atoms with Crippen molar-refractivity contribution in [2.24, 2.45) is 0 Å². The first-order valence-electron chi connectivity index (χ1n) is 7.93. The Hall–Kier alpha value is -3.08. The monoisotopic (exact) mass is 320 g/mol. The highest BCUT2D eigenvalue weighted by atomic mass is 16.2. The molecule has 0 aliphatic heterocycles. The summed E-state index contributed by atoms with van der Waals surface area (Å²) in [5.74, 6) is 0.529. The van der Waals surface area contributed by atoms with Crippen molar-refractivity contribution in [2.75, 3.05) is 17.2 Å². The molecule has 0 aliphatic carbocycles. The molecule has 0 saturated heterocycles. The number of aromatic nitrogens is 1. The van der Waals surface area contributed by atoms with Crippen LogP contribution in [0.15, 0.2) is 54.7 Å². The van der Waals surface area contributed by atoms with Crippen LogP contribution in [0, 0.1) is 6.92 Å². The molecule has 5 heteroatoms. The van der Waals surface area contributed by atoms with E-state index in [1.165, 1.54) is 5.56 Å². The van der Waals surface area contributed by atoms with E-state index in [0.29, 0.717) is 12.4 Å². The lowest BCUT2D eigenvalue weighted by Gasteiger charge is -2.11. The first-order valence-corrected chi connectivity index (χ1v) is 7.93. The molecule has 2 aromatic carbocycles. The van der Waals surface area contributed by atoms with Crippen molar-refractivity contribution in [2.45, 2.75) is 13.8 Å². The quantitative estimate of drug-likeness (QED) is 0.666. The largest absolute Gasteiger partial charge is 0.355 e. The normalized spacial score (nSPS) is 10.4. The minimum absolute atomic E-state index is 0.252. The third kappa shape index (κ3) is 3.63. The number of pyridine rings is 1. The van der Waals surface area contributed by atoms with E-state index in [1.807, 2.05) is 43.3 Å². The molecule has 0 aliphatic rings. The molecule has 1 aromatic heterocycles. The number of anilines is 3. The number of nitrogens with one attached hydrogen (secondary N) is 3. The van der Waals surface area contributed by atoms with Gasteiger partial charge in [0.1, 0.15) is 5.82 Å². The van der Waals surface area contributed by atoms with Gasteiger partial charge in [0.15, 0.2) is 0 Å². The number of fused-ring (bicyclic) bond motifs is 1. The highest BCUT2D eigenvalue weighted by Gasteiger charge is 2.06. The lowest BCUT2D eigenvalue weighted by molar-refractivity contribution is 0.252. The molecule has 0 unspecified atom stereocenters. The Labute approximate surface area is 141 Å². The van der Waals surface area contributed by atoms with Gasteiger partial charge in [-0.15, -0.1) is 0 Å². The van der Waals surface area contributed by atoms with E-state index < -0.39 is 0 Å². The number of rotatable bonds is 4. The second-order valence-corrected chi connectivity index (χ2v) is 5.57. The predicted molar refractivity (Wildman–Crippen MR) is 98.9 cm³/mol. The van der Waals surface area contributed by atoms with Gasteiger partial charge in [-0.25, -0.2) is 9.78 Å². The zero-order valence-corrected chi connectivity index (χ0v) is 13.8. The number of carbonyl (C=O) groups is 1. The molecule has 5 nitrogen and oxygen atoms in total. The molecule has 0 atom stereocenters. The van der Waals surface area contributed by atoms with Crippen molar-refractivity contribution in [3.05, 3.63) is 60.3 Å². The molecule has 0 radical (unpaired) electrons. The zero-order chi connectivity index (χ0) is 16.9. The highest BCUT2D eigenvalue weighted by Crippen LogP contribution is 2.27. The summed E-state index contributed by atoms with van der Waals surface area (Å²) < 4.78 is 0. The van der Waals surface area contributed by atoms with Crippen LogP contribution in [0.5, 0.6) is 0 Å². The van der Waals surface area contributed by atoms with Crippen LogP contribution in [-0.2, 0) is 0 Å². The maximum Gasteiger partial charge on any atom is 0.320 e. The topological polar surface area (TPSA) is 66.1 Å². The highest BCUT2D eigenvalue weighted by molar-refractivity contribution is 5.97. The summed E-state index contributed by atoms with van der Waals surface area (Å²) in [4.78, 5) is 15.9. The van der Waals surface area contributed by atoms with E-state index in [-0.39, 0.29) is 6.03 Å². The van der Waals surface area contributed by atoms with E-state index in [1.54, 1.807) is 6.20 Å².